The lowest BCUT2D eigenvalue weighted by Crippen LogP contribution is -1.85. The Bertz CT molecular complexity index is 210. The lowest BCUT2D eigenvalue weighted by Gasteiger charge is -2.03. The van der Waals surface area contributed by atoms with Crippen molar-refractivity contribution >= 4 is 5.78 Å². The fourth-order valence-electron chi connectivity index (χ4n) is 2.66. The van der Waals surface area contributed by atoms with Crippen molar-refractivity contribution in [2.45, 2.75) is 130 Å². The van der Waals surface area contributed by atoms with Crippen LogP contribution in [0.25, 0.3) is 0 Å². The minimum absolute atomic E-state index is 0.255. The topological polar surface area (TPSA) is 37.3 Å². The van der Waals surface area contributed by atoms with Crippen LogP contribution in [0.1, 0.15) is 130 Å². The van der Waals surface area contributed by atoms with Crippen molar-refractivity contribution in [3.8, 4) is 0 Å². The zero-order chi connectivity index (χ0) is 18.3. The third-order valence-corrected chi connectivity index (χ3v) is 4.51. The molecule has 0 amide bonds. The van der Waals surface area contributed by atoms with Crippen LogP contribution in [0.15, 0.2) is 0 Å². The van der Waals surface area contributed by atoms with Gasteiger partial charge in [0.2, 0.25) is 0 Å². The largest absolute Gasteiger partial charge is 0.396 e. The molecule has 0 aromatic rings. The van der Waals surface area contributed by atoms with E-state index in [1.54, 1.807) is 6.92 Å². The summed E-state index contributed by atoms with van der Waals surface area (Å²) in [5.74, 6) is 0.255. The summed E-state index contributed by atoms with van der Waals surface area (Å²) in [5.41, 5.74) is 0. The molecule has 24 heavy (non-hydrogen) atoms. The zero-order valence-corrected chi connectivity index (χ0v) is 17.1. The minimum atomic E-state index is 0.255. The highest BCUT2D eigenvalue weighted by molar-refractivity contribution is 5.74. The molecule has 2 nitrogen and oxygen atoms in total. The molecule has 0 spiro atoms. The fraction of sp³-hybridized carbons (Fsp3) is 0.955. The number of rotatable bonds is 17. The monoisotopic (exact) mass is 342 g/mol. The second kappa shape index (κ2) is 24.9. The van der Waals surface area contributed by atoms with E-state index in [9.17, 15) is 4.79 Å². The smallest absolute Gasteiger partial charge is 0.129 e. The van der Waals surface area contributed by atoms with Crippen molar-refractivity contribution in [2.75, 3.05) is 6.61 Å². The molecule has 0 aliphatic heterocycles. The molecule has 0 unspecified atom stereocenters. The molecule has 146 valence electrons. The predicted molar refractivity (Wildman–Crippen MR) is 108 cm³/mol. The predicted octanol–water partition coefficient (Wildman–Crippen LogP) is 7.23. The summed E-state index contributed by atoms with van der Waals surface area (Å²) < 4.78 is 0. The van der Waals surface area contributed by atoms with Gasteiger partial charge in [0.1, 0.15) is 5.78 Å². The van der Waals surface area contributed by atoms with E-state index < -0.39 is 0 Å². The summed E-state index contributed by atoms with van der Waals surface area (Å²) in [4.78, 5) is 9.81. The molecule has 0 aromatic heterocycles. The van der Waals surface area contributed by atoms with Gasteiger partial charge in [-0.25, -0.2) is 0 Å². The maximum absolute atomic E-state index is 9.81. The number of hydrogen-bond donors (Lipinski definition) is 1. The number of ketones is 1. The Hall–Kier alpha value is -0.370. The molecule has 0 fully saturated rings. The lowest BCUT2D eigenvalue weighted by atomic mass is 10.0. The number of hydrogen-bond acceptors (Lipinski definition) is 2. The Kier molecular flexibility index (Phi) is 26.8. The van der Waals surface area contributed by atoms with Crippen LogP contribution >= 0.6 is 0 Å². The van der Waals surface area contributed by atoms with E-state index in [1.165, 1.54) is 96.3 Å². The van der Waals surface area contributed by atoms with Gasteiger partial charge in [-0.15, -0.1) is 0 Å². The summed E-state index contributed by atoms with van der Waals surface area (Å²) in [6, 6.07) is 0. The number of aliphatic hydroxyl groups excluding tert-OH is 1. The van der Waals surface area contributed by atoms with Crippen molar-refractivity contribution in [3.05, 3.63) is 0 Å². The average Bonchev–Trinajstić information content (AvgIpc) is 2.59. The van der Waals surface area contributed by atoms with E-state index in [1.807, 2.05) is 6.92 Å². The van der Waals surface area contributed by atoms with Gasteiger partial charge in [-0.3, -0.25) is 0 Å². The van der Waals surface area contributed by atoms with E-state index in [-0.39, 0.29) is 5.78 Å². The molecule has 0 bridgehead atoms. The first kappa shape index (κ1) is 25.9. The van der Waals surface area contributed by atoms with E-state index in [0.29, 0.717) is 13.0 Å². The first-order chi connectivity index (χ1) is 11.7. The van der Waals surface area contributed by atoms with Crippen LogP contribution in [0.4, 0.5) is 0 Å². The van der Waals surface area contributed by atoms with Crippen molar-refractivity contribution < 1.29 is 9.90 Å². The summed E-state index contributed by atoms with van der Waals surface area (Å²) >= 11 is 0. The summed E-state index contributed by atoms with van der Waals surface area (Å²) in [6.45, 7) is 6.09. The van der Waals surface area contributed by atoms with Crippen molar-refractivity contribution in [3.63, 3.8) is 0 Å². The zero-order valence-electron chi connectivity index (χ0n) is 17.1. The third-order valence-electron chi connectivity index (χ3n) is 4.51. The molecule has 1 N–H and O–H groups in total. The van der Waals surface area contributed by atoms with E-state index >= 15 is 0 Å². The highest BCUT2D eigenvalue weighted by Gasteiger charge is 1.94. The Morgan fingerprint density at radius 1 is 0.583 bits per heavy atom. The number of Topliss-reactive ketones (excluding diaryl/α,β-unsaturated/α-hetero) is 1. The van der Waals surface area contributed by atoms with Gasteiger partial charge < -0.3 is 9.90 Å². The Morgan fingerprint density at radius 3 is 1.04 bits per heavy atom. The normalized spacial score (nSPS) is 10.3. The number of aliphatic hydroxyl groups is 1. The standard InChI is InChI=1S/C18H38O.C4H8O/c1-2-3-4-5-6-7-8-9-10-11-12-13-14-15-16-17-18-19;1-3-4(2)5/h19H,2-18H2,1H3;3H2,1-2H3. The van der Waals surface area contributed by atoms with Gasteiger partial charge in [-0.2, -0.15) is 0 Å². The van der Waals surface area contributed by atoms with Crippen LogP contribution < -0.4 is 0 Å². The van der Waals surface area contributed by atoms with Crippen LogP contribution in [0.5, 0.6) is 0 Å². The highest BCUT2D eigenvalue weighted by Crippen LogP contribution is 2.13. The Labute approximate surface area is 152 Å². The SMILES string of the molecule is CCC(C)=O.CCCCCCCCCCCCCCCCCCO. The van der Waals surface area contributed by atoms with E-state index in [4.69, 9.17) is 5.11 Å². The van der Waals surface area contributed by atoms with Gasteiger partial charge >= 0.3 is 0 Å². The molecule has 0 saturated carbocycles. The fourth-order valence-corrected chi connectivity index (χ4v) is 2.66. The summed E-state index contributed by atoms with van der Waals surface area (Å²) in [5, 5.41) is 8.67. The van der Waals surface area contributed by atoms with Gasteiger partial charge in [-0.1, -0.05) is 110 Å². The number of carbonyl (C=O) groups excluding carboxylic acids is 1. The van der Waals surface area contributed by atoms with Crippen molar-refractivity contribution in [1.29, 1.82) is 0 Å². The third kappa shape index (κ3) is 29.6. The molecule has 0 saturated heterocycles. The minimum Gasteiger partial charge on any atom is -0.396 e. The second-order valence-electron chi connectivity index (χ2n) is 7.08. The van der Waals surface area contributed by atoms with Crippen LogP contribution in [0.3, 0.4) is 0 Å². The molecular formula is C22H46O2. The Balaban J connectivity index is 0. The molecule has 0 aliphatic carbocycles. The summed E-state index contributed by atoms with van der Waals surface area (Å²) in [6.07, 6.45) is 22.8. The highest BCUT2D eigenvalue weighted by atomic mass is 16.2. The van der Waals surface area contributed by atoms with Crippen LogP contribution in [0, 0.1) is 0 Å². The van der Waals surface area contributed by atoms with E-state index in [2.05, 4.69) is 6.92 Å². The van der Waals surface area contributed by atoms with Gasteiger partial charge in [-0.05, 0) is 13.3 Å². The molecule has 0 aromatic carbocycles. The van der Waals surface area contributed by atoms with Gasteiger partial charge in [0.25, 0.3) is 0 Å². The maximum atomic E-state index is 9.81. The van der Waals surface area contributed by atoms with Crippen LogP contribution in [0.2, 0.25) is 0 Å². The molecule has 2 heteroatoms. The molecular weight excluding hydrogens is 296 g/mol. The molecule has 0 heterocycles. The number of carbonyl (C=O) groups is 1. The van der Waals surface area contributed by atoms with Crippen molar-refractivity contribution in [1.82, 2.24) is 0 Å². The van der Waals surface area contributed by atoms with Gasteiger partial charge in [0, 0.05) is 13.0 Å². The first-order valence-corrected chi connectivity index (χ1v) is 10.8. The van der Waals surface area contributed by atoms with E-state index in [0.717, 1.165) is 6.42 Å². The van der Waals surface area contributed by atoms with Crippen LogP contribution in [-0.4, -0.2) is 17.5 Å². The molecule has 0 aliphatic rings. The lowest BCUT2D eigenvalue weighted by molar-refractivity contribution is -0.116. The summed E-state index contributed by atoms with van der Waals surface area (Å²) in [7, 11) is 0. The van der Waals surface area contributed by atoms with Gasteiger partial charge in [0.05, 0.1) is 0 Å². The molecule has 0 rings (SSSR count). The first-order valence-electron chi connectivity index (χ1n) is 10.8. The van der Waals surface area contributed by atoms with Gasteiger partial charge in [0.15, 0.2) is 0 Å². The van der Waals surface area contributed by atoms with Crippen LogP contribution in [-0.2, 0) is 4.79 Å². The maximum Gasteiger partial charge on any atom is 0.129 e. The quantitative estimate of drug-likeness (QED) is 0.283. The Morgan fingerprint density at radius 2 is 0.833 bits per heavy atom. The molecule has 0 radical (unpaired) electrons. The molecule has 0 atom stereocenters. The van der Waals surface area contributed by atoms with Crippen molar-refractivity contribution in [2.24, 2.45) is 0 Å². The number of unbranched alkanes of at least 4 members (excludes halogenated alkanes) is 15. The second-order valence-corrected chi connectivity index (χ2v) is 7.08. The average molecular weight is 343 g/mol.